The van der Waals surface area contributed by atoms with Gasteiger partial charge in [0.15, 0.2) is 0 Å². The van der Waals surface area contributed by atoms with Crippen molar-refractivity contribution < 1.29 is 14.6 Å². The minimum absolute atomic E-state index is 0.0237. The van der Waals surface area contributed by atoms with Crippen LogP contribution in [0.15, 0.2) is 0 Å². The van der Waals surface area contributed by atoms with Crippen LogP contribution in [0.2, 0.25) is 0 Å². The zero-order valence-corrected chi connectivity index (χ0v) is 7.58. The Morgan fingerprint density at radius 3 is 2.77 bits per heavy atom. The summed E-state index contributed by atoms with van der Waals surface area (Å²) in [5.41, 5.74) is -0.0237. The average Bonchev–Trinajstić information content (AvgIpc) is 2.50. The smallest absolute Gasteiger partial charge is 0.308 e. The summed E-state index contributed by atoms with van der Waals surface area (Å²) < 4.78 is 5.26. The molecule has 0 saturated carbocycles. The highest BCUT2D eigenvalue weighted by Gasteiger charge is 2.47. The first kappa shape index (κ1) is 8.97. The van der Waals surface area contributed by atoms with Gasteiger partial charge in [0.2, 0.25) is 0 Å². The van der Waals surface area contributed by atoms with E-state index in [1.54, 1.807) is 0 Å². The molecule has 4 nitrogen and oxygen atoms in total. The fourth-order valence-electron chi connectivity index (χ4n) is 2.46. The fraction of sp³-hybridized carbons (Fsp3) is 0.889. The third kappa shape index (κ3) is 1.44. The van der Waals surface area contributed by atoms with Gasteiger partial charge >= 0.3 is 5.97 Å². The van der Waals surface area contributed by atoms with Crippen LogP contribution in [0.1, 0.15) is 12.8 Å². The summed E-state index contributed by atoms with van der Waals surface area (Å²) in [7, 11) is 0. The van der Waals surface area contributed by atoms with Crippen LogP contribution in [-0.4, -0.2) is 37.4 Å². The van der Waals surface area contributed by atoms with E-state index in [4.69, 9.17) is 9.84 Å². The van der Waals surface area contributed by atoms with Crippen molar-refractivity contribution in [1.29, 1.82) is 0 Å². The molecule has 13 heavy (non-hydrogen) atoms. The highest BCUT2D eigenvalue weighted by atomic mass is 16.5. The summed E-state index contributed by atoms with van der Waals surface area (Å²) in [6.45, 7) is 2.89. The topological polar surface area (TPSA) is 58.6 Å². The van der Waals surface area contributed by atoms with Crippen LogP contribution < -0.4 is 5.32 Å². The first-order valence-electron chi connectivity index (χ1n) is 4.76. The molecule has 74 valence electrons. The number of carboxylic acids is 1. The van der Waals surface area contributed by atoms with Gasteiger partial charge in [-0.05, 0) is 12.8 Å². The number of nitrogens with one attached hydrogen (secondary N) is 1. The zero-order valence-electron chi connectivity index (χ0n) is 7.58. The molecule has 0 aromatic rings. The van der Waals surface area contributed by atoms with Crippen molar-refractivity contribution in [3.8, 4) is 0 Å². The molecule has 0 unspecified atom stereocenters. The molecule has 0 bridgehead atoms. The quantitative estimate of drug-likeness (QED) is 0.607. The molecule has 1 atom stereocenters. The van der Waals surface area contributed by atoms with Crippen molar-refractivity contribution in [2.45, 2.75) is 12.8 Å². The van der Waals surface area contributed by atoms with E-state index < -0.39 is 5.97 Å². The van der Waals surface area contributed by atoms with Crippen molar-refractivity contribution >= 4 is 5.97 Å². The van der Waals surface area contributed by atoms with Crippen molar-refractivity contribution in [1.82, 2.24) is 5.32 Å². The number of rotatable bonds is 1. The molecule has 0 radical (unpaired) electrons. The van der Waals surface area contributed by atoms with Crippen LogP contribution in [0.3, 0.4) is 0 Å². The normalized spacial score (nSPS) is 32.2. The lowest BCUT2D eigenvalue weighted by Crippen LogP contribution is -2.39. The summed E-state index contributed by atoms with van der Waals surface area (Å²) >= 11 is 0. The number of carboxylic acid groups (broad SMARTS) is 1. The Morgan fingerprint density at radius 2 is 2.15 bits per heavy atom. The monoisotopic (exact) mass is 185 g/mol. The number of ether oxygens (including phenoxy) is 1. The molecule has 2 heterocycles. The molecule has 2 N–H and O–H groups in total. The van der Waals surface area contributed by atoms with Gasteiger partial charge in [-0.15, -0.1) is 0 Å². The molecule has 2 saturated heterocycles. The molecule has 4 heteroatoms. The molecule has 0 aliphatic carbocycles. The predicted octanol–water partition coefficient (Wildman–Crippen LogP) is 0.0872. The van der Waals surface area contributed by atoms with Crippen LogP contribution in [0.4, 0.5) is 0 Å². The molecule has 2 rings (SSSR count). The lowest BCUT2D eigenvalue weighted by molar-refractivity contribution is -0.146. The summed E-state index contributed by atoms with van der Waals surface area (Å²) in [6, 6.07) is 0. The van der Waals surface area contributed by atoms with Crippen LogP contribution >= 0.6 is 0 Å². The van der Waals surface area contributed by atoms with E-state index in [9.17, 15) is 4.79 Å². The summed E-state index contributed by atoms with van der Waals surface area (Å²) in [6.07, 6.45) is 1.77. The first-order valence-corrected chi connectivity index (χ1v) is 4.76. The largest absolute Gasteiger partial charge is 0.481 e. The Hall–Kier alpha value is -0.610. The van der Waals surface area contributed by atoms with E-state index in [1.165, 1.54) is 0 Å². The second kappa shape index (κ2) is 3.27. The maximum atomic E-state index is 11.0. The lowest BCUT2D eigenvalue weighted by atomic mass is 9.72. The minimum Gasteiger partial charge on any atom is -0.481 e. The van der Waals surface area contributed by atoms with Crippen LogP contribution in [-0.2, 0) is 9.53 Å². The second-order valence-electron chi connectivity index (χ2n) is 4.00. The average molecular weight is 185 g/mol. The van der Waals surface area contributed by atoms with E-state index >= 15 is 0 Å². The maximum absolute atomic E-state index is 11.0. The number of aliphatic carboxylic acids is 1. The van der Waals surface area contributed by atoms with Crippen molar-refractivity contribution in [3.05, 3.63) is 0 Å². The van der Waals surface area contributed by atoms with E-state index in [0.717, 1.165) is 19.4 Å². The van der Waals surface area contributed by atoms with Gasteiger partial charge in [0.05, 0.1) is 5.92 Å². The highest BCUT2D eigenvalue weighted by Crippen LogP contribution is 2.40. The first-order chi connectivity index (χ1) is 6.25. The zero-order chi connectivity index (χ0) is 9.31. The van der Waals surface area contributed by atoms with E-state index in [0.29, 0.717) is 19.8 Å². The molecule has 1 spiro atoms. The second-order valence-corrected chi connectivity index (χ2v) is 4.00. The van der Waals surface area contributed by atoms with E-state index in [1.807, 2.05) is 0 Å². The van der Waals surface area contributed by atoms with Gasteiger partial charge in [0, 0.05) is 31.7 Å². The number of hydrogen-bond donors (Lipinski definition) is 2. The molecular formula is C9H15NO3. The Morgan fingerprint density at radius 1 is 1.46 bits per heavy atom. The Labute approximate surface area is 77.3 Å². The third-order valence-electron chi connectivity index (χ3n) is 3.35. The molecule has 2 aliphatic rings. The van der Waals surface area contributed by atoms with Crippen molar-refractivity contribution in [3.63, 3.8) is 0 Å². The Balaban J connectivity index is 2.13. The van der Waals surface area contributed by atoms with E-state index in [-0.39, 0.29) is 11.3 Å². The molecule has 0 amide bonds. The van der Waals surface area contributed by atoms with Gasteiger partial charge in [-0.2, -0.15) is 0 Å². The molecular weight excluding hydrogens is 170 g/mol. The predicted molar refractivity (Wildman–Crippen MR) is 46.5 cm³/mol. The SMILES string of the molecule is O=C(O)[C@H]1CNCC12CCOCC2. The van der Waals surface area contributed by atoms with Gasteiger partial charge in [0.1, 0.15) is 0 Å². The standard InChI is InChI=1S/C9H15NO3/c11-8(12)7-5-10-6-9(7)1-3-13-4-2-9/h7,10H,1-6H2,(H,11,12)/t7-/m1/s1. The fourth-order valence-corrected chi connectivity index (χ4v) is 2.46. The number of hydrogen-bond acceptors (Lipinski definition) is 3. The maximum Gasteiger partial charge on any atom is 0.308 e. The van der Waals surface area contributed by atoms with Gasteiger partial charge in [-0.3, -0.25) is 4.79 Å². The highest BCUT2D eigenvalue weighted by molar-refractivity contribution is 5.72. The van der Waals surface area contributed by atoms with Gasteiger partial charge < -0.3 is 15.2 Å². The summed E-state index contributed by atoms with van der Waals surface area (Å²) in [5, 5.41) is 12.2. The molecule has 2 fully saturated rings. The van der Waals surface area contributed by atoms with Crippen LogP contribution in [0.5, 0.6) is 0 Å². The summed E-state index contributed by atoms with van der Waals surface area (Å²) in [4.78, 5) is 11.0. The Bertz CT molecular complexity index is 211. The number of carbonyl (C=O) groups is 1. The van der Waals surface area contributed by atoms with Gasteiger partial charge in [-0.1, -0.05) is 0 Å². The minimum atomic E-state index is -0.660. The van der Waals surface area contributed by atoms with Gasteiger partial charge in [-0.25, -0.2) is 0 Å². The molecule has 0 aromatic heterocycles. The lowest BCUT2D eigenvalue weighted by Gasteiger charge is -2.35. The molecule has 0 aromatic carbocycles. The molecule has 2 aliphatic heterocycles. The van der Waals surface area contributed by atoms with Crippen molar-refractivity contribution in [2.75, 3.05) is 26.3 Å². The van der Waals surface area contributed by atoms with E-state index in [2.05, 4.69) is 5.32 Å². The summed E-state index contributed by atoms with van der Waals surface area (Å²) in [5.74, 6) is -0.872. The Kier molecular flexibility index (Phi) is 2.26. The van der Waals surface area contributed by atoms with Crippen LogP contribution in [0.25, 0.3) is 0 Å². The van der Waals surface area contributed by atoms with Crippen molar-refractivity contribution in [2.24, 2.45) is 11.3 Å². The third-order valence-corrected chi connectivity index (χ3v) is 3.35. The van der Waals surface area contributed by atoms with Crippen LogP contribution in [0, 0.1) is 11.3 Å². The van der Waals surface area contributed by atoms with Gasteiger partial charge in [0.25, 0.3) is 0 Å².